The zero-order chi connectivity index (χ0) is 20.4. The molecule has 0 spiro atoms. The number of aliphatic hydroxyl groups excluding tert-OH is 1. The second-order valence-electron chi connectivity index (χ2n) is 8.41. The van der Waals surface area contributed by atoms with Crippen molar-refractivity contribution >= 4 is 0 Å². The first kappa shape index (κ1) is 19.8. The predicted molar refractivity (Wildman–Crippen MR) is 115 cm³/mol. The molecular formula is C25H29FN2O. The summed E-state index contributed by atoms with van der Waals surface area (Å²) < 4.78 is 16.9. The fraction of sp³-hybridized carbons (Fsp3) is 0.400. The number of aryl methyl sites for hydroxylation is 1. The van der Waals surface area contributed by atoms with Crippen molar-refractivity contribution < 1.29 is 9.50 Å². The van der Waals surface area contributed by atoms with Gasteiger partial charge < -0.3 is 5.11 Å². The van der Waals surface area contributed by atoms with Crippen molar-refractivity contribution in [3.05, 3.63) is 65.6 Å². The van der Waals surface area contributed by atoms with Gasteiger partial charge in [0, 0.05) is 30.0 Å². The summed E-state index contributed by atoms with van der Waals surface area (Å²) >= 11 is 0. The van der Waals surface area contributed by atoms with E-state index >= 15 is 0 Å². The molecule has 1 saturated carbocycles. The molecule has 1 heterocycles. The summed E-state index contributed by atoms with van der Waals surface area (Å²) in [5, 5.41) is 14.3. The van der Waals surface area contributed by atoms with Crippen LogP contribution in [0.1, 0.15) is 36.9 Å². The fourth-order valence-electron chi connectivity index (χ4n) is 4.52. The summed E-state index contributed by atoms with van der Waals surface area (Å²) in [7, 11) is 0. The van der Waals surface area contributed by atoms with Crippen LogP contribution in [0.4, 0.5) is 4.39 Å². The zero-order valence-corrected chi connectivity index (χ0v) is 17.2. The summed E-state index contributed by atoms with van der Waals surface area (Å²) in [6.45, 7) is 5.13. The SMILES string of the molecule is Cc1ccc(-c2nn(C[C@H]3CC[C@@H](CO)CC3)c(C)c2-c2ccccc2)c(F)c1. The second-order valence-corrected chi connectivity index (χ2v) is 8.41. The fourth-order valence-corrected chi connectivity index (χ4v) is 4.52. The third-order valence-electron chi connectivity index (χ3n) is 6.30. The Morgan fingerprint density at radius 3 is 2.34 bits per heavy atom. The van der Waals surface area contributed by atoms with Crippen LogP contribution in [0.25, 0.3) is 22.4 Å². The van der Waals surface area contributed by atoms with Gasteiger partial charge in [-0.1, -0.05) is 36.4 Å². The van der Waals surface area contributed by atoms with E-state index in [0.717, 1.165) is 60.3 Å². The average molecular weight is 393 g/mol. The van der Waals surface area contributed by atoms with Gasteiger partial charge in [-0.25, -0.2) is 4.39 Å². The van der Waals surface area contributed by atoms with Crippen molar-refractivity contribution in [2.45, 2.75) is 46.1 Å². The van der Waals surface area contributed by atoms with Crippen LogP contribution < -0.4 is 0 Å². The number of rotatable bonds is 5. The lowest BCUT2D eigenvalue weighted by Crippen LogP contribution is -2.21. The van der Waals surface area contributed by atoms with Crippen LogP contribution in [0.3, 0.4) is 0 Å². The molecule has 0 aliphatic heterocycles. The Morgan fingerprint density at radius 1 is 1.00 bits per heavy atom. The predicted octanol–water partition coefficient (Wildman–Crippen LogP) is 5.77. The monoisotopic (exact) mass is 392 g/mol. The van der Waals surface area contributed by atoms with E-state index in [-0.39, 0.29) is 5.82 Å². The van der Waals surface area contributed by atoms with Crippen molar-refractivity contribution in [3.8, 4) is 22.4 Å². The topological polar surface area (TPSA) is 38.0 Å². The minimum Gasteiger partial charge on any atom is -0.396 e. The first-order chi connectivity index (χ1) is 14.1. The third kappa shape index (κ3) is 4.13. The zero-order valence-electron chi connectivity index (χ0n) is 17.2. The molecule has 1 aromatic heterocycles. The lowest BCUT2D eigenvalue weighted by atomic mass is 9.82. The largest absolute Gasteiger partial charge is 0.396 e. The molecule has 4 rings (SSSR count). The van der Waals surface area contributed by atoms with Crippen LogP contribution in [0.15, 0.2) is 48.5 Å². The first-order valence-electron chi connectivity index (χ1n) is 10.6. The Morgan fingerprint density at radius 2 is 1.69 bits per heavy atom. The number of halogens is 1. The molecule has 0 unspecified atom stereocenters. The minimum absolute atomic E-state index is 0.227. The number of aliphatic hydroxyl groups is 1. The Bertz CT molecular complexity index is 972. The van der Waals surface area contributed by atoms with Gasteiger partial charge in [0.15, 0.2) is 0 Å². The Labute approximate surface area is 172 Å². The normalized spacial score (nSPS) is 19.4. The van der Waals surface area contributed by atoms with E-state index in [9.17, 15) is 9.50 Å². The molecular weight excluding hydrogens is 363 g/mol. The van der Waals surface area contributed by atoms with Crippen LogP contribution in [-0.2, 0) is 6.54 Å². The van der Waals surface area contributed by atoms with E-state index in [1.165, 1.54) is 0 Å². The lowest BCUT2D eigenvalue weighted by Gasteiger charge is -2.27. The molecule has 3 nitrogen and oxygen atoms in total. The summed E-state index contributed by atoms with van der Waals surface area (Å²) in [5.41, 5.74) is 5.34. The van der Waals surface area contributed by atoms with E-state index in [2.05, 4.69) is 23.7 Å². The van der Waals surface area contributed by atoms with Gasteiger partial charge in [-0.2, -0.15) is 5.10 Å². The molecule has 29 heavy (non-hydrogen) atoms. The molecule has 1 fully saturated rings. The first-order valence-corrected chi connectivity index (χ1v) is 10.6. The Kier molecular flexibility index (Phi) is 5.81. The minimum atomic E-state index is -0.227. The van der Waals surface area contributed by atoms with Gasteiger partial charge in [-0.3, -0.25) is 4.68 Å². The van der Waals surface area contributed by atoms with Gasteiger partial charge in [-0.05, 0) is 74.6 Å². The highest BCUT2D eigenvalue weighted by atomic mass is 19.1. The number of nitrogens with zero attached hydrogens (tertiary/aromatic N) is 2. The van der Waals surface area contributed by atoms with Crippen molar-refractivity contribution in [2.24, 2.45) is 11.8 Å². The van der Waals surface area contributed by atoms with Crippen LogP contribution in [0, 0.1) is 31.5 Å². The third-order valence-corrected chi connectivity index (χ3v) is 6.30. The van der Waals surface area contributed by atoms with E-state index in [1.807, 2.05) is 37.3 Å². The molecule has 0 saturated heterocycles. The van der Waals surface area contributed by atoms with Crippen LogP contribution in [-0.4, -0.2) is 21.5 Å². The van der Waals surface area contributed by atoms with Gasteiger partial charge in [0.25, 0.3) is 0 Å². The van der Waals surface area contributed by atoms with Gasteiger partial charge in [0.1, 0.15) is 11.5 Å². The summed E-state index contributed by atoms with van der Waals surface area (Å²) in [4.78, 5) is 0. The maximum Gasteiger partial charge on any atom is 0.132 e. The molecule has 2 aromatic carbocycles. The second kappa shape index (κ2) is 8.50. The van der Waals surface area contributed by atoms with Crippen LogP contribution >= 0.6 is 0 Å². The van der Waals surface area contributed by atoms with Gasteiger partial charge in [-0.15, -0.1) is 0 Å². The van der Waals surface area contributed by atoms with E-state index in [4.69, 9.17) is 5.10 Å². The Hall–Kier alpha value is -2.46. The molecule has 1 aliphatic carbocycles. The average Bonchev–Trinajstić information content (AvgIpc) is 3.05. The maximum absolute atomic E-state index is 14.8. The molecule has 0 radical (unpaired) electrons. The maximum atomic E-state index is 14.8. The van der Waals surface area contributed by atoms with Crippen molar-refractivity contribution in [1.29, 1.82) is 0 Å². The van der Waals surface area contributed by atoms with E-state index in [1.54, 1.807) is 6.07 Å². The highest BCUT2D eigenvalue weighted by Gasteiger charge is 2.25. The molecule has 4 heteroatoms. The molecule has 152 valence electrons. The van der Waals surface area contributed by atoms with Crippen molar-refractivity contribution in [2.75, 3.05) is 6.61 Å². The molecule has 1 aliphatic rings. The molecule has 1 N–H and O–H groups in total. The summed E-state index contributed by atoms with van der Waals surface area (Å²) in [6.07, 6.45) is 4.37. The molecule has 0 atom stereocenters. The van der Waals surface area contributed by atoms with Gasteiger partial charge in [0.05, 0.1) is 0 Å². The van der Waals surface area contributed by atoms with Gasteiger partial charge >= 0.3 is 0 Å². The lowest BCUT2D eigenvalue weighted by molar-refractivity contribution is 0.159. The number of hydrogen-bond donors (Lipinski definition) is 1. The standard InChI is InChI=1S/C25H29FN2O/c1-17-8-13-22(23(26)14-17)25-24(21-6-4-3-5-7-21)18(2)28(27-25)15-19-9-11-20(16-29)12-10-19/h3-8,13-14,19-20,29H,9-12,15-16H2,1-2H3/t19-,20+. The molecule has 0 amide bonds. The quantitative estimate of drug-likeness (QED) is 0.598. The molecule has 0 bridgehead atoms. The van der Waals surface area contributed by atoms with Crippen molar-refractivity contribution in [3.63, 3.8) is 0 Å². The van der Waals surface area contributed by atoms with E-state index in [0.29, 0.717) is 24.0 Å². The number of hydrogen-bond acceptors (Lipinski definition) is 2. The number of aromatic nitrogens is 2. The van der Waals surface area contributed by atoms with Crippen molar-refractivity contribution in [1.82, 2.24) is 9.78 Å². The highest BCUT2D eigenvalue weighted by Crippen LogP contribution is 2.37. The summed E-state index contributed by atoms with van der Waals surface area (Å²) in [6, 6.07) is 15.5. The number of benzene rings is 2. The van der Waals surface area contributed by atoms with Crippen LogP contribution in [0.2, 0.25) is 0 Å². The molecule has 3 aromatic rings. The summed E-state index contributed by atoms with van der Waals surface area (Å²) in [5.74, 6) is 0.771. The van der Waals surface area contributed by atoms with Gasteiger partial charge in [0.2, 0.25) is 0 Å². The van der Waals surface area contributed by atoms with E-state index < -0.39 is 0 Å². The highest BCUT2D eigenvalue weighted by molar-refractivity contribution is 5.83. The van der Waals surface area contributed by atoms with Crippen LogP contribution in [0.5, 0.6) is 0 Å². The smallest absolute Gasteiger partial charge is 0.132 e. The Balaban J connectivity index is 1.73.